The summed E-state index contributed by atoms with van der Waals surface area (Å²) in [4.78, 5) is 7.13. The van der Waals surface area contributed by atoms with Crippen molar-refractivity contribution < 1.29 is 9.47 Å². The molecule has 0 spiro atoms. The minimum atomic E-state index is 0.209. The molecule has 0 aliphatic carbocycles. The van der Waals surface area contributed by atoms with E-state index in [0.717, 1.165) is 18.3 Å². The molecule has 0 aliphatic rings. The number of hydrogen-bond acceptors (Lipinski definition) is 4. The van der Waals surface area contributed by atoms with Crippen molar-refractivity contribution in [1.82, 2.24) is 10.6 Å². The lowest BCUT2D eigenvalue weighted by molar-refractivity contribution is 0.179. The van der Waals surface area contributed by atoms with Crippen molar-refractivity contribution in [2.24, 2.45) is 4.99 Å². The summed E-state index contributed by atoms with van der Waals surface area (Å²) in [5, 5.41) is 6.61. The van der Waals surface area contributed by atoms with E-state index in [9.17, 15) is 0 Å². The van der Waals surface area contributed by atoms with Gasteiger partial charge in [0, 0.05) is 29.5 Å². The second kappa shape index (κ2) is 10.1. The second-order valence-electron chi connectivity index (χ2n) is 5.69. The number of rotatable bonds is 8. The van der Waals surface area contributed by atoms with Gasteiger partial charge in [0.1, 0.15) is 5.75 Å². The van der Waals surface area contributed by atoms with Crippen LogP contribution in [0.15, 0.2) is 41.4 Å². The van der Waals surface area contributed by atoms with Crippen LogP contribution in [0.1, 0.15) is 18.7 Å². The molecule has 5 nitrogen and oxygen atoms in total. The average molecular weight is 362 g/mol. The average Bonchev–Trinajstić information content (AvgIpc) is 3.09. The van der Waals surface area contributed by atoms with Crippen LogP contribution < -0.4 is 15.4 Å². The number of ether oxygens (including phenoxy) is 2. The zero-order chi connectivity index (χ0) is 18.1. The van der Waals surface area contributed by atoms with E-state index in [-0.39, 0.29) is 6.04 Å². The molecular weight excluding hydrogens is 334 g/mol. The smallest absolute Gasteiger partial charge is 0.191 e. The van der Waals surface area contributed by atoms with Crippen molar-refractivity contribution in [2.75, 3.05) is 27.4 Å². The van der Waals surface area contributed by atoms with Gasteiger partial charge in [-0.05, 0) is 55.8 Å². The first kappa shape index (κ1) is 19.3. The summed E-state index contributed by atoms with van der Waals surface area (Å²) in [6.07, 6.45) is 0. The van der Waals surface area contributed by atoms with Crippen molar-refractivity contribution >= 4 is 17.3 Å². The van der Waals surface area contributed by atoms with E-state index in [0.29, 0.717) is 13.2 Å². The highest BCUT2D eigenvalue weighted by molar-refractivity contribution is 7.15. The highest BCUT2D eigenvalue weighted by Crippen LogP contribution is 2.29. The Morgan fingerprint density at radius 3 is 2.56 bits per heavy atom. The van der Waals surface area contributed by atoms with Gasteiger partial charge in [0.15, 0.2) is 5.96 Å². The van der Waals surface area contributed by atoms with E-state index in [1.807, 2.05) is 12.1 Å². The Labute approximate surface area is 154 Å². The summed E-state index contributed by atoms with van der Waals surface area (Å²) < 4.78 is 10.4. The summed E-state index contributed by atoms with van der Waals surface area (Å²) in [6.45, 7) is 6.25. The number of thiophene rings is 1. The third kappa shape index (κ3) is 6.07. The Balaban J connectivity index is 2.02. The third-order valence-corrected chi connectivity index (χ3v) is 4.69. The minimum absolute atomic E-state index is 0.209. The molecule has 6 heteroatoms. The Morgan fingerprint density at radius 2 is 1.92 bits per heavy atom. The molecule has 0 radical (unpaired) electrons. The first-order valence-electron chi connectivity index (χ1n) is 8.43. The summed E-state index contributed by atoms with van der Waals surface area (Å²) in [6, 6.07) is 12.6. The molecule has 2 aromatic rings. The van der Waals surface area contributed by atoms with Crippen molar-refractivity contribution in [2.45, 2.75) is 26.4 Å². The monoisotopic (exact) mass is 361 g/mol. The Morgan fingerprint density at radius 1 is 1.16 bits per heavy atom. The Bertz CT molecular complexity index is 668. The van der Waals surface area contributed by atoms with Gasteiger partial charge in [-0.2, -0.15) is 0 Å². The zero-order valence-electron chi connectivity index (χ0n) is 15.3. The topological polar surface area (TPSA) is 54.9 Å². The third-order valence-electron chi connectivity index (χ3n) is 3.57. The molecule has 1 unspecified atom stereocenters. The molecule has 1 atom stereocenters. The molecule has 2 rings (SSSR count). The van der Waals surface area contributed by atoms with Crippen molar-refractivity contribution in [3.8, 4) is 16.2 Å². The fraction of sp³-hybridized carbons (Fsp3) is 0.421. The van der Waals surface area contributed by atoms with Crippen LogP contribution in [0.25, 0.3) is 10.4 Å². The SMILES string of the molecule is CCNC(=NCc1ccc(-c2ccc(OC)cc2)s1)NC(C)COC. The minimum Gasteiger partial charge on any atom is -0.497 e. The van der Waals surface area contributed by atoms with Gasteiger partial charge in [-0.1, -0.05) is 0 Å². The van der Waals surface area contributed by atoms with Crippen LogP contribution in [-0.4, -0.2) is 39.4 Å². The lowest BCUT2D eigenvalue weighted by Gasteiger charge is -2.16. The van der Waals surface area contributed by atoms with E-state index >= 15 is 0 Å². The fourth-order valence-corrected chi connectivity index (χ4v) is 3.31. The van der Waals surface area contributed by atoms with Gasteiger partial charge in [-0.15, -0.1) is 11.3 Å². The molecule has 1 heterocycles. The number of hydrogen-bond donors (Lipinski definition) is 2. The van der Waals surface area contributed by atoms with Gasteiger partial charge in [0.25, 0.3) is 0 Å². The van der Waals surface area contributed by atoms with Crippen molar-refractivity contribution in [1.29, 1.82) is 0 Å². The molecule has 0 bridgehead atoms. The molecule has 1 aromatic carbocycles. The summed E-state index contributed by atoms with van der Waals surface area (Å²) in [5.41, 5.74) is 1.19. The van der Waals surface area contributed by atoms with Crippen LogP contribution in [0, 0.1) is 0 Å². The number of nitrogens with one attached hydrogen (secondary N) is 2. The second-order valence-corrected chi connectivity index (χ2v) is 6.86. The van der Waals surface area contributed by atoms with Gasteiger partial charge in [-0.25, -0.2) is 4.99 Å². The van der Waals surface area contributed by atoms with Crippen LogP contribution >= 0.6 is 11.3 Å². The first-order valence-corrected chi connectivity index (χ1v) is 9.24. The number of nitrogens with zero attached hydrogens (tertiary/aromatic N) is 1. The van der Waals surface area contributed by atoms with E-state index < -0.39 is 0 Å². The van der Waals surface area contributed by atoms with Crippen molar-refractivity contribution in [3.63, 3.8) is 0 Å². The maximum absolute atomic E-state index is 5.21. The molecule has 1 aromatic heterocycles. The molecule has 0 saturated carbocycles. The van der Waals surface area contributed by atoms with Crippen LogP contribution in [0.5, 0.6) is 5.75 Å². The summed E-state index contributed by atoms with van der Waals surface area (Å²) in [7, 11) is 3.38. The lowest BCUT2D eigenvalue weighted by Crippen LogP contribution is -2.43. The van der Waals surface area contributed by atoms with Crippen LogP contribution in [-0.2, 0) is 11.3 Å². The predicted octanol–water partition coefficient (Wildman–Crippen LogP) is 3.51. The number of guanidine groups is 1. The molecule has 0 saturated heterocycles. The normalized spacial score (nSPS) is 12.7. The highest BCUT2D eigenvalue weighted by atomic mass is 32.1. The van der Waals surface area contributed by atoms with E-state index in [2.05, 4.69) is 53.7 Å². The quantitative estimate of drug-likeness (QED) is 0.558. The number of aliphatic imine (C=N–C) groups is 1. The van der Waals surface area contributed by atoms with Gasteiger partial charge < -0.3 is 20.1 Å². The number of benzene rings is 1. The molecule has 0 fully saturated rings. The van der Waals surface area contributed by atoms with Gasteiger partial charge in [0.2, 0.25) is 0 Å². The number of methoxy groups -OCH3 is 2. The maximum atomic E-state index is 5.21. The first-order chi connectivity index (χ1) is 12.2. The maximum Gasteiger partial charge on any atom is 0.191 e. The van der Waals surface area contributed by atoms with Gasteiger partial charge >= 0.3 is 0 Å². The summed E-state index contributed by atoms with van der Waals surface area (Å²) >= 11 is 1.76. The Kier molecular flexibility index (Phi) is 7.76. The molecule has 136 valence electrons. The van der Waals surface area contributed by atoms with Crippen LogP contribution in [0.3, 0.4) is 0 Å². The zero-order valence-corrected chi connectivity index (χ0v) is 16.2. The standard InChI is InChI=1S/C19H27N3O2S/c1-5-20-19(22-14(2)13-23-3)21-12-17-10-11-18(25-17)15-6-8-16(24-4)9-7-15/h6-11,14H,5,12-13H2,1-4H3,(H2,20,21,22). The predicted molar refractivity (Wildman–Crippen MR) is 106 cm³/mol. The van der Waals surface area contributed by atoms with Crippen LogP contribution in [0.2, 0.25) is 0 Å². The molecule has 2 N–H and O–H groups in total. The largest absolute Gasteiger partial charge is 0.497 e. The highest BCUT2D eigenvalue weighted by Gasteiger charge is 2.06. The lowest BCUT2D eigenvalue weighted by atomic mass is 10.2. The van der Waals surface area contributed by atoms with E-state index in [4.69, 9.17) is 9.47 Å². The van der Waals surface area contributed by atoms with Crippen molar-refractivity contribution in [3.05, 3.63) is 41.3 Å². The van der Waals surface area contributed by atoms with E-state index in [1.54, 1.807) is 25.6 Å². The Hall–Kier alpha value is -2.05. The molecule has 25 heavy (non-hydrogen) atoms. The van der Waals surface area contributed by atoms with E-state index in [1.165, 1.54) is 15.3 Å². The molecular formula is C19H27N3O2S. The fourth-order valence-electron chi connectivity index (χ4n) is 2.38. The van der Waals surface area contributed by atoms with Crippen LogP contribution in [0.4, 0.5) is 0 Å². The summed E-state index contributed by atoms with van der Waals surface area (Å²) in [5.74, 6) is 1.68. The van der Waals surface area contributed by atoms with Gasteiger partial charge in [0.05, 0.1) is 20.3 Å². The molecule has 0 amide bonds. The molecule has 0 aliphatic heterocycles. The van der Waals surface area contributed by atoms with Gasteiger partial charge in [-0.3, -0.25) is 0 Å².